The monoisotopic (exact) mass is 498 g/mol. The number of carbonyl (C=O) groups is 2. The van der Waals surface area contributed by atoms with Crippen LogP contribution in [-0.4, -0.2) is 53.0 Å². The first kappa shape index (κ1) is 25.7. The summed E-state index contributed by atoms with van der Waals surface area (Å²) >= 11 is 0. The van der Waals surface area contributed by atoms with Crippen LogP contribution in [-0.2, 0) is 16.1 Å². The molecule has 0 fully saturated rings. The van der Waals surface area contributed by atoms with Gasteiger partial charge in [-0.05, 0) is 44.8 Å². The number of fused-ring (bicyclic) bond motifs is 1. The van der Waals surface area contributed by atoms with Gasteiger partial charge in [-0.1, -0.05) is 54.6 Å². The van der Waals surface area contributed by atoms with Crippen LogP contribution < -0.4 is 5.32 Å². The summed E-state index contributed by atoms with van der Waals surface area (Å²) in [6.07, 6.45) is -0.671. The van der Waals surface area contributed by atoms with Crippen LogP contribution >= 0.6 is 0 Å². The topological polar surface area (TPSA) is 96.2 Å². The number of anilines is 1. The molecule has 8 heteroatoms. The van der Waals surface area contributed by atoms with Crippen molar-refractivity contribution in [1.29, 1.82) is 0 Å². The molecule has 1 amide bonds. The van der Waals surface area contributed by atoms with Crippen molar-refractivity contribution in [2.45, 2.75) is 20.4 Å². The molecule has 1 heterocycles. The van der Waals surface area contributed by atoms with E-state index in [9.17, 15) is 14.7 Å². The highest BCUT2D eigenvalue weighted by atomic mass is 16.5. The summed E-state index contributed by atoms with van der Waals surface area (Å²) in [6, 6.07) is 22.3. The first-order valence-corrected chi connectivity index (χ1v) is 12.0. The lowest BCUT2D eigenvalue weighted by atomic mass is 10.0. The van der Waals surface area contributed by atoms with Gasteiger partial charge in [-0.15, -0.1) is 0 Å². The fraction of sp³-hybridized carbons (Fsp3) is 0.207. The van der Waals surface area contributed by atoms with Crippen molar-refractivity contribution in [3.8, 4) is 5.88 Å². The first-order chi connectivity index (χ1) is 17.8. The third kappa shape index (κ3) is 5.54. The number of benzene rings is 3. The average molecular weight is 499 g/mol. The summed E-state index contributed by atoms with van der Waals surface area (Å²) in [7, 11) is 3.92. The minimum atomic E-state index is -0.671. The fourth-order valence-electron chi connectivity index (χ4n) is 4.24. The summed E-state index contributed by atoms with van der Waals surface area (Å²) in [5.41, 5.74) is 4.34. The maximum absolute atomic E-state index is 12.8. The Kier molecular flexibility index (Phi) is 7.69. The third-order valence-electron chi connectivity index (χ3n) is 5.72. The van der Waals surface area contributed by atoms with Crippen molar-refractivity contribution in [3.05, 3.63) is 89.5 Å². The van der Waals surface area contributed by atoms with Crippen molar-refractivity contribution in [1.82, 2.24) is 9.47 Å². The van der Waals surface area contributed by atoms with Gasteiger partial charge in [-0.25, -0.2) is 14.4 Å². The molecule has 37 heavy (non-hydrogen) atoms. The highest BCUT2D eigenvalue weighted by Crippen LogP contribution is 2.35. The van der Waals surface area contributed by atoms with Crippen LogP contribution in [0, 0.1) is 0 Å². The number of hydrogen-bond acceptors (Lipinski definition) is 6. The van der Waals surface area contributed by atoms with E-state index in [-0.39, 0.29) is 18.4 Å². The number of carbonyl (C=O) groups excluding carboxylic acids is 2. The second kappa shape index (κ2) is 11.1. The number of nitrogens with one attached hydrogen (secondary N) is 1. The Labute approximate surface area is 215 Å². The van der Waals surface area contributed by atoms with E-state index in [0.29, 0.717) is 40.1 Å². The summed E-state index contributed by atoms with van der Waals surface area (Å²) < 4.78 is 6.37. The van der Waals surface area contributed by atoms with E-state index in [1.807, 2.05) is 79.7 Å². The number of nitrogens with zero attached hydrogens (tertiary/aromatic N) is 3. The second-order valence-electron chi connectivity index (χ2n) is 8.84. The van der Waals surface area contributed by atoms with Crippen molar-refractivity contribution >= 4 is 40.0 Å². The summed E-state index contributed by atoms with van der Waals surface area (Å²) in [6.45, 7) is 3.99. The molecule has 0 atom stereocenters. The molecule has 8 nitrogen and oxygen atoms in total. The Balaban J connectivity index is 1.97. The maximum atomic E-state index is 12.8. The van der Waals surface area contributed by atoms with Crippen molar-refractivity contribution < 1.29 is 19.4 Å². The first-order valence-electron chi connectivity index (χ1n) is 12.0. The van der Waals surface area contributed by atoms with E-state index in [4.69, 9.17) is 9.73 Å². The Morgan fingerprint density at radius 1 is 1.03 bits per heavy atom. The van der Waals surface area contributed by atoms with E-state index in [1.54, 1.807) is 19.1 Å². The molecule has 4 rings (SSSR count). The van der Waals surface area contributed by atoms with Gasteiger partial charge >= 0.3 is 6.09 Å². The molecule has 1 aromatic heterocycles. The molecule has 190 valence electrons. The molecule has 4 aromatic rings. The zero-order chi connectivity index (χ0) is 26.5. The molecule has 0 aliphatic carbocycles. The Bertz CT molecular complexity index is 1470. The Hall–Kier alpha value is -4.43. The van der Waals surface area contributed by atoms with E-state index in [2.05, 4.69) is 5.32 Å². The third-order valence-corrected chi connectivity index (χ3v) is 5.72. The van der Waals surface area contributed by atoms with Crippen LogP contribution in [0.4, 0.5) is 16.2 Å². The van der Waals surface area contributed by atoms with E-state index < -0.39 is 6.09 Å². The number of rotatable bonds is 7. The van der Waals surface area contributed by atoms with Crippen LogP contribution in [0.25, 0.3) is 10.9 Å². The van der Waals surface area contributed by atoms with Crippen LogP contribution in [0.2, 0.25) is 0 Å². The normalized spacial score (nSPS) is 11.6. The Morgan fingerprint density at radius 3 is 2.41 bits per heavy atom. The van der Waals surface area contributed by atoms with E-state index >= 15 is 0 Å². The van der Waals surface area contributed by atoms with Crippen LogP contribution in [0.1, 0.15) is 30.5 Å². The molecule has 2 N–H and O–H groups in total. The largest absolute Gasteiger partial charge is 0.494 e. The van der Waals surface area contributed by atoms with Gasteiger partial charge < -0.3 is 20.1 Å². The predicted molar refractivity (Wildman–Crippen MR) is 146 cm³/mol. The molecule has 0 radical (unpaired) electrons. The zero-order valence-corrected chi connectivity index (χ0v) is 21.4. The molecular weight excluding hydrogens is 468 g/mol. The standard InChI is InChI=1S/C29H30N4O4/c1-5-37-29(36)33-25-14-10-9-13-23(25)26(28(33)35)27(20-11-7-6-8-12-20)31-22-16-15-21(18-32(3)4)24(17-22)30-19(2)34/h6-17,35H,5,18H2,1-4H3,(H,30,34). The van der Waals surface area contributed by atoms with E-state index in [1.165, 1.54) is 6.92 Å². The highest BCUT2D eigenvalue weighted by molar-refractivity contribution is 6.23. The SMILES string of the molecule is CCOC(=O)n1c(O)c(C(=Nc2ccc(CN(C)C)c(NC(C)=O)c2)c2ccccc2)c2ccccc21. The minimum absolute atomic E-state index is 0.172. The Morgan fingerprint density at radius 2 is 1.73 bits per heavy atom. The molecule has 0 aliphatic rings. The zero-order valence-electron chi connectivity index (χ0n) is 21.4. The van der Waals surface area contributed by atoms with E-state index in [0.717, 1.165) is 15.7 Å². The van der Waals surface area contributed by atoms with Gasteiger partial charge in [-0.2, -0.15) is 0 Å². The maximum Gasteiger partial charge on any atom is 0.421 e. The molecule has 0 bridgehead atoms. The van der Waals surface area contributed by atoms with Gasteiger partial charge in [0.1, 0.15) is 0 Å². The molecule has 0 spiro atoms. The number of hydrogen-bond donors (Lipinski definition) is 2. The number of para-hydroxylation sites is 1. The molecule has 0 saturated heterocycles. The number of aromatic nitrogens is 1. The van der Waals surface area contributed by atoms with Crippen LogP contribution in [0.3, 0.4) is 0 Å². The van der Waals surface area contributed by atoms with Crippen molar-refractivity contribution in [2.75, 3.05) is 26.0 Å². The van der Waals surface area contributed by atoms with Gasteiger partial charge in [0.25, 0.3) is 0 Å². The molecule has 0 saturated carbocycles. The van der Waals surface area contributed by atoms with Gasteiger partial charge in [0, 0.05) is 30.1 Å². The van der Waals surface area contributed by atoms with Crippen LogP contribution in [0.15, 0.2) is 77.8 Å². The summed E-state index contributed by atoms with van der Waals surface area (Å²) in [5, 5.41) is 14.9. The fourth-order valence-corrected chi connectivity index (χ4v) is 4.24. The van der Waals surface area contributed by atoms with Gasteiger partial charge in [-0.3, -0.25) is 4.79 Å². The number of aromatic hydroxyl groups is 1. The number of ether oxygens (including phenoxy) is 1. The number of aliphatic imine (C=N–C) groups is 1. The summed E-state index contributed by atoms with van der Waals surface area (Å²) in [5.74, 6) is -0.437. The van der Waals surface area contributed by atoms with Crippen molar-refractivity contribution in [3.63, 3.8) is 0 Å². The van der Waals surface area contributed by atoms with Gasteiger partial charge in [0.05, 0.1) is 29.1 Å². The highest BCUT2D eigenvalue weighted by Gasteiger charge is 2.26. The number of amides is 1. The second-order valence-corrected chi connectivity index (χ2v) is 8.84. The lowest BCUT2D eigenvalue weighted by molar-refractivity contribution is -0.114. The minimum Gasteiger partial charge on any atom is -0.494 e. The summed E-state index contributed by atoms with van der Waals surface area (Å²) in [4.78, 5) is 31.6. The van der Waals surface area contributed by atoms with Gasteiger partial charge in [0.15, 0.2) is 0 Å². The lowest BCUT2D eigenvalue weighted by Gasteiger charge is -2.15. The van der Waals surface area contributed by atoms with Gasteiger partial charge in [0.2, 0.25) is 11.8 Å². The van der Waals surface area contributed by atoms with Crippen molar-refractivity contribution in [2.24, 2.45) is 4.99 Å². The molecule has 0 aliphatic heterocycles. The molecular formula is C29H30N4O4. The average Bonchev–Trinajstić information content (AvgIpc) is 3.15. The molecule has 3 aromatic carbocycles. The van der Waals surface area contributed by atoms with Crippen LogP contribution in [0.5, 0.6) is 5.88 Å². The predicted octanol–water partition coefficient (Wildman–Crippen LogP) is 5.54. The lowest BCUT2D eigenvalue weighted by Crippen LogP contribution is -2.14. The quantitative estimate of drug-likeness (QED) is 0.326. The smallest absolute Gasteiger partial charge is 0.421 e. The molecule has 0 unspecified atom stereocenters.